The zero-order chi connectivity index (χ0) is 10.6. The maximum absolute atomic E-state index is 11.4. The fourth-order valence-electron chi connectivity index (χ4n) is 0.961. The third-order valence-corrected chi connectivity index (χ3v) is 2.12. The summed E-state index contributed by atoms with van der Waals surface area (Å²) >= 11 is 3.24. The van der Waals surface area contributed by atoms with Crippen LogP contribution in [-0.4, -0.2) is 11.7 Å². The first-order chi connectivity index (χ1) is 6.63. The van der Waals surface area contributed by atoms with Crippen molar-refractivity contribution in [1.29, 1.82) is 0 Å². The number of hydrogen-bond donors (Lipinski definition) is 2. The molecule has 5 heteroatoms. The van der Waals surface area contributed by atoms with Crippen LogP contribution in [0.25, 0.3) is 0 Å². The molecule has 0 unspecified atom stereocenters. The second kappa shape index (κ2) is 4.88. The van der Waals surface area contributed by atoms with E-state index in [0.717, 1.165) is 4.47 Å². The molecule has 3 N–H and O–H groups in total. The second-order valence-electron chi connectivity index (χ2n) is 2.68. The van der Waals surface area contributed by atoms with Gasteiger partial charge in [0.25, 0.3) is 0 Å². The van der Waals surface area contributed by atoms with E-state index in [-0.39, 0.29) is 12.2 Å². The van der Waals surface area contributed by atoms with E-state index in [1.807, 2.05) is 5.43 Å². The average Bonchev–Trinajstić information content (AvgIpc) is 2.17. The number of Topliss-reactive ketones (excluding diaryl/α,β-unsaturated/α-hetero) is 1. The number of hydrazine groups is 1. The van der Waals surface area contributed by atoms with E-state index in [4.69, 9.17) is 5.84 Å². The molecular formula is C9H9BrN2O2. The van der Waals surface area contributed by atoms with Crippen molar-refractivity contribution >= 4 is 27.6 Å². The van der Waals surface area contributed by atoms with Gasteiger partial charge in [-0.1, -0.05) is 28.1 Å². The van der Waals surface area contributed by atoms with Crippen LogP contribution in [-0.2, 0) is 4.79 Å². The molecular weight excluding hydrogens is 248 g/mol. The molecule has 1 rings (SSSR count). The van der Waals surface area contributed by atoms with Gasteiger partial charge in [-0.2, -0.15) is 0 Å². The Kier molecular flexibility index (Phi) is 3.79. The van der Waals surface area contributed by atoms with Crippen molar-refractivity contribution in [2.45, 2.75) is 6.42 Å². The second-order valence-corrected chi connectivity index (χ2v) is 3.59. The Morgan fingerprint density at radius 2 is 2.14 bits per heavy atom. The lowest BCUT2D eigenvalue weighted by Gasteiger charge is -2.00. The molecule has 0 bridgehead atoms. The molecule has 0 atom stereocenters. The van der Waals surface area contributed by atoms with E-state index in [2.05, 4.69) is 15.9 Å². The third-order valence-electron chi connectivity index (χ3n) is 1.63. The van der Waals surface area contributed by atoms with E-state index in [1.54, 1.807) is 24.3 Å². The van der Waals surface area contributed by atoms with E-state index in [1.165, 1.54) is 0 Å². The molecule has 0 heterocycles. The Labute approximate surface area is 89.6 Å². The number of ketones is 1. The van der Waals surface area contributed by atoms with Crippen molar-refractivity contribution in [3.8, 4) is 0 Å². The van der Waals surface area contributed by atoms with Gasteiger partial charge < -0.3 is 0 Å². The minimum absolute atomic E-state index is 0.229. The number of rotatable bonds is 3. The van der Waals surface area contributed by atoms with Crippen LogP contribution in [0.1, 0.15) is 16.8 Å². The van der Waals surface area contributed by atoms with Crippen LogP contribution in [0.5, 0.6) is 0 Å². The Morgan fingerprint density at radius 1 is 1.43 bits per heavy atom. The van der Waals surface area contributed by atoms with Crippen LogP contribution >= 0.6 is 15.9 Å². The van der Waals surface area contributed by atoms with Crippen molar-refractivity contribution in [1.82, 2.24) is 5.43 Å². The number of hydrogen-bond acceptors (Lipinski definition) is 3. The number of benzene rings is 1. The molecule has 0 spiro atoms. The summed E-state index contributed by atoms with van der Waals surface area (Å²) < 4.78 is 0.802. The van der Waals surface area contributed by atoms with Crippen LogP contribution in [0.2, 0.25) is 0 Å². The molecule has 0 saturated carbocycles. The average molecular weight is 257 g/mol. The Morgan fingerprint density at radius 3 is 2.71 bits per heavy atom. The van der Waals surface area contributed by atoms with Gasteiger partial charge in [0.2, 0.25) is 5.91 Å². The number of nitrogens with two attached hydrogens (primary N) is 1. The molecule has 0 aliphatic heterocycles. The van der Waals surface area contributed by atoms with E-state index in [0.29, 0.717) is 5.56 Å². The highest BCUT2D eigenvalue weighted by molar-refractivity contribution is 9.10. The monoisotopic (exact) mass is 256 g/mol. The zero-order valence-corrected chi connectivity index (χ0v) is 8.87. The first-order valence-electron chi connectivity index (χ1n) is 3.91. The molecule has 0 aliphatic carbocycles. The SMILES string of the molecule is NNC(=O)CC(=O)c1cccc(Br)c1. The largest absolute Gasteiger partial charge is 0.294 e. The van der Waals surface area contributed by atoms with Gasteiger partial charge >= 0.3 is 0 Å². The standard InChI is InChI=1S/C9H9BrN2O2/c10-7-3-1-2-6(4-7)8(13)5-9(14)12-11/h1-4H,5,11H2,(H,12,14). The first-order valence-corrected chi connectivity index (χ1v) is 4.71. The van der Waals surface area contributed by atoms with E-state index < -0.39 is 5.91 Å². The van der Waals surface area contributed by atoms with Crippen LogP contribution in [0.15, 0.2) is 28.7 Å². The smallest absolute Gasteiger partial charge is 0.241 e. The maximum atomic E-state index is 11.4. The number of carbonyl (C=O) groups excluding carboxylic acids is 2. The predicted octanol–water partition coefficient (Wildman–Crippen LogP) is 1.01. The number of nitrogens with one attached hydrogen (secondary N) is 1. The van der Waals surface area contributed by atoms with Gasteiger partial charge in [-0.15, -0.1) is 0 Å². The maximum Gasteiger partial charge on any atom is 0.241 e. The lowest BCUT2D eigenvalue weighted by Crippen LogP contribution is -2.31. The summed E-state index contributed by atoms with van der Waals surface area (Å²) in [6.07, 6.45) is -0.229. The van der Waals surface area contributed by atoms with E-state index in [9.17, 15) is 9.59 Å². The van der Waals surface area contributed by atoms with Crippen molar-refractivity contribution in [3.05, 3.63) is 34.3 Å². The molecule has 14 heavy (non-hydrogen) atoms. The van der Waals surface area contributed by atoms with Gasteiger partial charge in [0.15, 0.2) is 5.78 Å². The van der Waals surface area contributed by atoms with Gasteiger partial charge in [0, 0.05) is 10.0 Å². The number of carbonyl (C=O) groups is 2. The fourth-order valence-corrected chi connectivity index (χ4v) is 1.36. The molecule has 0 fully saturated rings. The summed E-state index contributed by atoms with van der Waals surface area (Å²) in [4.78, 5) is 22.2. The van der Waals surface area contributed by atoms with Gasteiger partial charge in [-0.3, -0.25) is 15.0 Å². The summed E-state index contributed by atoms with van der Waals surface area (Å²) in [5.41, 5.74) is 2.40. The molecule has 0 aliphatic rings. The van der Waals surface area contributed by atoms with Crippen molar-refractivity contribution < 1.29 is 9.59 Å². The minimum atomic E-state index is -0.491. The van der Waals surface area contributed by atoms with Crippen LogP contribution in [0.3, 0.4) is 0 Å². The van der Waals surface area contributed by atoms with Crippen LogP contribution in [0, 0.1) is 0 Å². The number of halogens is 1. The van der Waals surface area contributed by atoms with E-state index >= 15 is 0 Å². The molecule has 0 aromatic heterocycles. The van der Waals surface area contributed by atoms with Crippen molar-refractivity contribution in [3.63, 3.8) is 0 Å². The van der Waals surface area contributed by atoms with Crippen LogP contribution in [0.4, 0.5) is 0 Å². The quantitative estimate of drug-likeness (QED) is 0.279. The Balaban J connectivity index is 2.75. The first kappa shape index (κ1) is 10.9. The van der Waals surface area contributed by atoms with Gasteiger partial charge in [-0.25, -0.2) is 5.84 Å². The summed E-state index contributed by atoms with van der Waals surface area (Å²) in [5.74, 6) is 4.12. The minimum Gasteiger partial charge on any atom is -0.294 e. The lowest BCUT2D eigenvalue weighted by atomic mass is 10.1. The highest BCUT2D eigenvalue weighted by atomic mass is 79.9. The highest BCUT2D eigenvalue weighted by Gasteiger charge is 2.10. The molecule has 1 amide bonds. The number of amides is 1. The normalized spacial score (nSPS) is 9.57. The molecule has 1 aromatic rings. The van der Waals surface area contributed by atoms with Crippen molar-refractivity contribution in [2.24, 2.45) is 5.84 Å². The van der Waals surface area contributed by atoms with Gasteiger partial charge in [0.1, 0.15) is 0 Å². The zero-order valence-electron chi connectivity index (χ0n) is 7.29. The topological polar surface area (TPSA) is 72.2 Å². The fraction of sp³-hybridized carbons (Fsp3) is 0.111. The highest BCUT2D eigenvalue weighted by Crippen LogP contribution is 2.12. The summed E-state index contributed by atoms with van der Waals surface area (Å²) in [6.45, 7) is 0. The molecule has 74 valence electrons. The molecule has 0 radical (unpaired) electrons. The Bertz CT molecular complexity index is 366. The lowest BCUT2D eigenvalue weighted by molar-refractivity contribution is -0.120. The summed E-state index contributed by atoms with van der Waals surface area (Å²) in [6, 6.07) is 6.85. The summed E-state index contributed by atoms with van der Waals surface area (Å²) in [5, 5.41) is 0. The molecule has 4 nitrogen and oxygen atoms in total. The van der Waals surface area contributed by atoms with Gasteiger partial charge in [-0.05, 0) is 12.1 Å². The predicted molar refractivity (Wildman–Crippen MR) is 55.4 cm³/mol. The van der Waals surface area contributed by atoms with Crippen LogP contribution < -0.4 is 11.3 Å². The Hall–Kier alpha value is -1.20. The molecule has 0 saturated heterocycles. The summed E-state index contributed by atoms with van der Waals surface area (Å²) in [7, 11) is 0. The van der Waals surface area contributed by atoms with Gasteiger partial charge in [0.05, 0.1) is 6.42 Å². The molecule has 1 aromatic carbocycles. The van der Waals surface area contributed by atoms with Crippen molar-refractivity contribution in [2.75, 3.05) is 0 Å². The third kappa shape index (κ3) is 2.93.